The summed E-state index contributed by atoms with van der Waals surface area (Å²) in [5.74, 6) is -0.223. The van der Waals surface area contributed by atoms with Gasteiger partial charge in [0.2, 0.25) is 0 Å². The lowest BCUT2D eigenvalue weighted by molar-refractivity contribution is 0.476. The lowest BCUT2D eigenvalue weighted by Crippen LogP contribution is -1.87. The fourth-order valence-corrected chi connectivity index (χ4v) is 1.64. The van der Waals surface area contributed by atoms with E-state index in [9.17, 15) is 9.50 Å². The predicted molar refractivity (Wildman–Crippen MR) is 58.7 cm³/mol. The summed E-state index contributed by atoms with van der Waals surface area (Å²) in [5.41, 5.74) is 2.35. The quantitative estimate of drug-likeness (QED) is 0.585. The Labute approximate surface area is 90.2 Å². The van der Waals surface area contributed by atoms with Gasteiger partial charge in [-0.05, 0) is 24.3 Å². The maximum absolute atomic E-state index is 13.0. The number of hydrogen-bond acceptors (Lipinski definition) is 3. The van der Waals surface area contributed by atoms with Crippen LogP contribution < -0.4 is 0 Å². The first kappa shape index (κ1) is 9.03. The first-order valence-corrected chi connectivity index (χ1v) is 4.78. The van der Waals surface area contributed by atoms with Gasteiger partial charge in [-0.2, -0.15) is 0 Å². The van der Waals surface area contributed by atoms with Crippen LogP contribution in [-0.4, -0.2) is 15.1 Å². The normalized spacial score (nSPS) is 11.1. The fraction of sp³-hybridized carbons (Fsp3) is 0. The van der Waals surface area contributed by atoms with Gasteiger partial charge < -0.3 is 5.11 Å². The lowest BCUT2D eigenvalue weighted by atomic mass is 10.2. The molecule has 0 unspecified atom stereocenters. The molecule has 0 radical (unpaired) electrons. The number of aromatic hydroxyl groups is 1. The zero-order valence-electron chi connectivity index (χ0n) is 8.18. The minimum atomic E-state index is -0.346. The third kappa shape index (κ3) is 1.35. The first-order chi connectivity index (χ1) is 7.72. The molecule has 0 aliphatic rings. The van der Waals surface area contributed by atoms with Crippen molar-refractivity contribution in [2.45, 2.75) is 0 Å². The largest absolute Gasteiger partial charge is 0.508 e. The Morgan fingerprint density at radius 1 is 0.812 bits per heavy atom. The van der Waals surface area contributed by atoms with Gasteiger partial charge in [0.05, 0.1) is 22.1 Å². The average Bonchev–Trinajstić information content (AvgIpc) is 2.26. The SMILES string of the molecule is Oc1ccc2nc3ccc(F)cc3nc2c1. The van der Waals surface area contributed by atoms with Gasteiger partial charge >= 0.3 is 0 Å². The molecule has 0 saturated carbocycles. The van der Waals surface area contributed by atoms with Crippen LogP contribution in [0.5, 0.6) is 5.75 Å². The van der Waals surface area contributed by atoms with E-state index in [0.29, 0.717) is 22.1 Å². The molecule has 0 atom stereocenters. The summed E-state index contributed by atoms with van der Waals surface area (Å²) >= 11 is 0. The van der Waals surface area contributed by atoms with Crippen molar-refractivity contribution < 1.29 is 9.50 Å². The Morgan fingerprint density at radius 2 is 1.44 bits per heavy atom. The molecule has 1 aromatic heterocycles. The summed E-state index contributed by atoms with van der Waals surface area (Å²) in [6.07, 6.45) is 0. The highest BCUT2D eigenvalue weighted by atomic mass is 19.1. The summed E-state index contributed by atoms with van der Waals surface area (Å²) in [6.45, 7) is 0. The van der Waals surface area contributed by atoms with Gasteiger partial charge in [-0.15, -0.1) is 0 Å². The lowest BCUT2D eigenvalue weighted by Gasteiger charge is -2.01. The minimum absolute atomic E-state index is 0.123. The highest BCUT2D eigenvalue weighted by Gasteiger charge is 2.03. The van der Waals surface area contributed by atoms with E-state index in [4.69, 9.17) is 0 Å². The standard InChI is InChI=1S/C12H7FN2O/c13-7-1-3-9-11(5-7)15-12-6-8(16)2-4-10(12)14-9/h1-6,16H. The second-order valence-corrected chi connectivity index (χ2v) is 3.53. The maximum atomic E-state index is 13.0. The molecular formula is C12H7FN2O. The summed E-state index contributed by atoms with van der Waals surface area (Å²) in [4.78, 5) is 8.56. The predicted octanol–water partition coefficient (Wildman–Crippen LogP) is 2.63. The van der Waals surface area contributed by atoms with Crippen molar-refractivity contribution in [1.29, 1.82) is 0 Å². The third-order valence-electron chi connectivity index (χ3n) is 2.38. The van der Waals surface area contributed by atoms with Crippen LogP contribution in [-0.2, 0) is 0 Å². The molecule has 0 amide bonds. The van der Waals surface area contributed by atoms with Crippen molar-refractivity contribution in [3.63, 3.8) is 0 Å². The van der Waals surface area contributed by atoms with Crippen LogP contribution in [0, 0.1) is 5.82 Å². The van der Waals surface area contributed by atoms with E-state index in [1.165, 1.54) is 18.2 Å². The van der Waals surface area contributed by atoms with Gasteiger partial charge in [-0.25, -0.2) is 14.4 Å². The number of rotatable bonds is 0. The second-order valence-electron chi connectivity index (χ2n) is 3.53. The van der Waals surface area contributed by atoms with Gasteiger partial charge in [-0.1, -0.05) is 0 Å². The molecule has 0 fully saturated rings. The molecule has 16 heavy (non-hydrogen) atoms. The van der Waals surface area contributed by atoms with Crippen molar-refractivity contribution in [2.24, 2.45) is 0 Å². The Hall–Kier alpha value is -2.23. The summed E-state index contributed by atoms with van der Waals surface area (Å²) in [6, 6.07) is 9.00. The zero-order chi connectivity index (χ0) is 11.1. The van der Waals surface area contributed by atoms with E-state index < -0.39 is 0 Å². The van der Waals surface area contributed by atoms with Crippen LogP contribution in [0.4, 0.5) is 4.39 Å². The fourth-order valence-electron chi connectivity index (χ4n) is 1.64. The molecule has 0 aliphatic heterocycles. The number of nitrogens with zero attached hydrogens (tertiary/aromatic N) is 2. The van der Waals surface area contributed by atoms with E-state index in [1.807, 2.05) is 0 Å². The summed E-state index contributed by atoms with van der Waals surface area (Å²) < 4.78 is 13.0. The number of benzene rings is 2. The number of phenolic OH excluding ortho intramolecular Hbond substituents is 1. The summed E-state index contributed by atoms with van der Waals surface area (Å²) in [7, 11) is 0. The first-order valence-electron chi connectivity index (χ1n) is 4.78. The molecule has 4 heteroatoms. The zero-order valence-corrected chi connectivity index (χ0v) is 8.18. The highest BCUT2D eigenvalue weighted by molar-refractivity contribution is 5.86. The number of fused-ring (bicyclic) bond motifs is 2. The molecule has 1 N–H and O–H groups in total. The molecule has 0 bridgehead atoms. The van der Waals surface area contributed by atoms with Gasteiger partial charge in [0.1, 0.15) is 11.6 Å². The molecule has 3 aromatic rings. The molecule has 0 saturated heterocycles. The molecule has 3 nitrogen and oxygen atoms in total. The van der Waals surface area contributed by atoms with Crippen molar-refractivity contribution in [3.8, 4) is 5.75 Å². The van der Waals surface area contributed by atoms with E-state index in [1.54, 1.807) is 18.2 Å². The average molecular weight is 214 g/mol. The van der Waals surface area contributed by atoms with Crippen molar-refractivity contribution in [3.05, 3.63) is 42.2 Å². The Balaban J connectivity index is 2.44. The molecule has 78 valence electrons. The topological polar surface area (TPSA) is 46.0 Å². The molecular weight excluding hydrogens is 207 g/mol. The van der Waals surface area contributed by atoms with Crippen LogP contribution in [0.1, 0.15) is 0 Å². The van der Waals surface area contributed by atoms with Crippen LogP contribution >= 0.6 is 0 Å². The number of aromatic nitrogens is 2. The number of hydrogen-bond donors (Lipinski definition) is 1. The van der Waals surface area contributed by atoms with E-state index >= 15 is 0 Å². The van der Waals surface area contributed by atoms with E-state index in [2.05, 4.69) is 9.97 Å². The van der Waals surface area contributed by atoms with Crippen LogP contribution in [0.15, 0.2) is 36.4 Å². The minimum Gasteiger partial charge on any atom is -0.508 e. The Morgan fingerprint density at radius 3 is 2.25 bits per heavy atom. The van der Waals surface area contributed by atoms with Gasteiger partial charge in [0.25, 0.3) is 0 Å². The smallest absolute Gasteiger partial charge is 0.125 e. The van der Waals surface area contributed by atoms with Gasteiger partial charge in [0.15, 0.2) is 0 Å². The van der Waals surface area contributed by atoms with Crippen LogP contribution in [0.2, 0.25) is 0 Å². The maximum Gasteiger partial charge on any atom is 0.125 e. The Kier molecular flexibility index (Phi) is 1.77. The van der Waals surface area contributed by atoms with E-state index in [0.717, 1.165) is 0 Å². The van der Waals surface area contributed by atoms with Crippen LogP contribution in [0.3, 0.4) is 0 Å². The molecule has 3 rings (SSSR count). The third-order valence-corrected chi connectivity index (χ3v) is 2.38. The number of halogens is 1. The summed E-state index contributed by atoms with van der Waals surface area (Å²) in [5, 5.41) is 9.32. The number of phenols is 1. The molecule has 0 spiro atoms. The van der Waals surface area contributed by atoms with Crippen molar-refractivity contribution in [1.82, 2.24) is 9.97 Å². The van der Waals surface area contributed by atoms with Crippen molar-refractivity contribution in [2.75, 3.05) is 0 Å². The van der Waals surface area contributed by atoms with Gasteiger partial charge in [0, 0.05) is 12.1 Å². The molecule has 2 aromatic carbocycles. The second kappa shape index (κ2) is 3.13. The van der Waals surface area contributed by atoms with Gasteiger partial charge in [-0.3, -0.25) is 0 Å². The monoisotopic (exact) mass is 214 g/mol. The van der Waals surface area contributed by atoms with E-state index in [-0.39, 0.29) is 11.6 Å². The molecule has 0 aliphatic carbocycles. The Bertz CT molecular complexity index is 640. The highest BCUT2D eigenvalue weighted by Crippen LogP contribution is 2.20. The van der Waals surface area contributed by atoms with Crippen molar-refractivity contribution >= 4 is 22.1 Å². The van der Waals surface area contributed by atoms with Crippen LogP contribution in [0.25, 0.3) is 22.1 Å². The molecule has 1 heterocycles.